The Balaban J connectivity index is 2.38. The molecule has 90 valence electrons. The van der Waals surface area contributed by atoms with Gasteiger partial charge in [-0.1, -0.05) is 32.1 Å². The molecular weight excluding hydrogens is 198 g/mol. The molecule has 0 bridgehead atoms. The van der Waals surface area contributed by atoms with Crippen molar-refractivity contribution in [1.82, 2.24) is 4.90 Å². The molecule has 0 aromatic carbocycles. The molecule has 1 fully saturated rings. The normalized spacial score (nSPS) is 16.8. The molecule has 0 heterocycles. The van der Waals surface area contributed by atoms with Gasteiger partial charge in [0.15, 0.2) is 0 Å². The van der Waals surface area contributed by atoms with Gasteiger partial charge >= 0.3 is 0 Å². The third-order valence-corrected chi connectivity index (χ3v) is 3.32. The molecule has 1 saturated carbocycles. The largest absolute Gasteiger partial charge is 0.332 e. The molecule has 1 aliphatic carbocycles. The molecule has 1 aliphatic rings. The second-order valence-corrected chi connectivity index (χ2v) is 4.73. The number of carbonyl (C=O) groups excluding carboxylic acids is 1. The van der Waals surface area contributed by atoms with Gasteiger partial charge in [0.1, 0.15) is 0 Å². The number of hydrogen-bond donors (Lipinski definition) is 0. The molecule has 0 saturated heterocycles. The molecule has 0 aromatic heterocycles. The van der Waals surface area contributed by atoms with E-state index in [-0.39, 0.29) is 5.91 Å². The van der Waals surface area contributed by atoms with Crippen molar-refractivity contribution in [3.63, 3.8) is 0 Å². The predicted molar refractivity (Wildman–Crippen MR) is 66.9 cm³/mol. The fourth-order valence-electron chi connectivity index (χ4n) is 2.44. The Morgan fingerprint density at radius 3 is 2.62 bits per heavy atom. The van der Waals surface area contributed by atoms with Crippen LogP contribution in [0.25, 0.3) is 0 Å². The molecule has 1 amide bonds. The first-order chi connectivity index (χ1) is 7.77. The third kappa shape index (κ3) is 4.26. The Kier molecular flexibility index (Phi) is 6.00. The Bertz CT molecular complexity index is 248. The maximum atomic E-state index is 12.0. The van der Waals surface area contributed by atoms with Gasteiger partial charge in [-0.2, -0.15) is 0 Å². The zero-order valence-corrected chi connectivity index (χ0v) is 10.4. The molecule has 0 spiro atoms. The highest BCUT2D eigenvalue weighted by atomic mass is 16.2. The van der Waals surface area contributed by atoms with E-state index in [1.54, 1.807) is 0 Å². The molecule has 0 aliphatic heterocycles. The van der Waals surface area contributed by atoms with E-state index in [0.717, 1.165) is 13.0 Å². The van der Waals surface area contributed by atoms with E-state index >= 15 is 0 Å². The fraction of sp³-hybridized carbons (Fsp3) is 0.786. The molecule has 0 N–H and O–H groups in total. The van der Waals surface area contributed by atoms with Crippen molar-refractivity contribution in [3.05, 3.63) is 0 Å². The first-order valence-corrected chi connectivity index (χ1v) is 6.49. The van der Waals surface area contributed by atoms with Crippen LogP contribution in [0, 0.1) is 18.3 Å². The smallest absolute Gasteiger partial charge is 0.223 e. The Morgan fingerprint density at radius 2 is 2.06 bits per heavy atom. The van der Waals surface area contributed by atoms with Crippen molar-refractivity contribution in [2.45, 2.75) is 51.9 Å². The number of nitrogens with zero attached hydrogens (tertiary/aromatic N) is 1. The summed E-state index contributed by atoms with van der Waals surface area (Å²) in [6.45, 7) is 3.35. The van der Waals surface area contributed by atoms with Gasteiger partial charge in [0.05, 0.1) is 6.54 Å². The van der Waals surface area contributed by atoms with Gasteiger partial charge in [0.2, 0.25) is 5.91 Å². The molecule has 0 atom stereocenters. The molecule has 0 unspecified atom stereocenters. The van der Waals surface area contributed by atoms with Crippen LogP contribution in [0.4, 0.5) is 0 Å². The summed E-state index contributed by atoms with van der Waals surface area (Å²) in [4.78, 5) is 13.8. The van der Waals surface area contributed by atoms with E-state index in [4.69, 9.17) is 6.42 Å². The van der Waals surface area contributed by atoms with Crippen LogP contribution in [0.15, 0.2) is 0 Å². The predicted octanol–water partition coefficient (Wildman–Crippen LogP) is 2.83. The number of rotatable bonds is 5. The van der Waals surface area contributed by atoms with Crippen molar-refractivity contribution < 1.29 is 4.79 Å². The maximum absolute atomic E-state index is 12.0. The molecule has 1 rings (SSSR count). The van der Waals surface area contributed by atoms with Crippen molar-refractivity contribution in [3.8, 4) is 12.3 Å². The minimum absolute atomic E-state index is 0.256. The summed E-state index contributed by atoms with van der Waals surface area (Å²) in [7, 11) is 0. The van der Waals surface area contributed by atoms with Gasteiger partial charge < -0.3 is 4.90 Å². The summed E-state index contributed by atoms with van der Waals surface area (Å²) >= 11 is 0. The average molecular weight is 221 g/mol. The number of hydrogen-bond acceptors (Lipinski definition) is 1. The minimum atomic E-state index is 0.256. The van der Waals surface area contributed by atoms with E-state index in [0.29, 0.717) is 18.9 Å². The van der Waals surface area contributed by atoms with Crippen LogP contribution < -0.4 is 0 Å². The Labute approximate surface area is 99.4 Å². The molecule has 0 radical (unpaired) electrons. The van der Waals surface area contributed by atoms with Gasteiger partial charge in [-0.25, -0.2) is 0 Å². The summed E-state index contributed by atoms with van der Waals surface area (Å²) in [6, 6.07) is 0. The van der Waals surface area contributed by atoms with Crippen LogP contribution in [-0.4, -0.2) is 23.9 Å². The monoisotopic (exact) mass is 221 g/mol. The zero-order chi connectivity index (χ0) is 11.8. The molecule has 2 heteroatoms. The van der Waals surface area contributed by atoms with Gasteiger partial charge in [-0.05, 0) is 25.2 Å². The summed E-state index contributed by atoms with van der Waals surface area (Å²) < 4.78 is 0. The Morgan fingerprint density at radius 1 is 1.38 bits per heavy atom. The minimum Gasteiger partial charge on any atom is -0.332 e. The average Bonchev–Trinajstić information content (AvgIpc) is 2.30. The van der Waals surface area contributed by atoms with E-state index in [1.807, 2.05) is 4.90 Å². The van der Waals surface area contributed by atoms with E-state index in [2.05, 4.69) is 12.8 Å². The lowest BCUT2D eigenvalue weighted by molar-refractivity contribution is -0.131. The van der Waals surface area contributed by atoms with E-state index < -0.39 is 0 Å². The second kappa shape index (κ2) is 7.33. The number of terminal acetylenes is 1. The first-order valence-electron chi connectivity index (χ1n) is 6.49. The lowest BCUT2D eigenvalue weighted by Gasteiger charge is -2.25. The molecule has 2 nitrogen and oxygen atoms in total. The SMILES string of the molecule is C#CCN(CCC)C(=O)CC1CCCCC1. The third-order valence-electron chi connectivity index (χ3n) is 3.32. The standard InChI is InChI=1S/C14H23NO/c1-3-10-15(11-4-2)14(16)12-13-8-6-5-7-9-13/h1,13H,4-12H2,2H3. The maximum Gasteiger partial charge on any atom is 0.223 e. The lowest BCUT2D eigenvalue weighted by Crippen LogP contribution is -2.33. The zero-order valence-electron chi connectivity index (χ0n) is 10.4. The molecule has 0 aromatic rings. The number of carbonyl (C=O) groups is 1. The van der Waals surface area contributed by atoms with Crippen LogP contribution >= 0.6 is 0 Å². The van der Waals surface area contributed by atoms with Crippen molar-refractivity contribution >= 4 is 5.91 Å². The Hall–Kier alpha value is -0.970. The summed E-state index contributed by atoms with van der Waals surface area (Å²) in [5.41, 5.74) is 0. The highest BCUT2D eigenvalue weighted by Gasteiger charge is 2.20. The van der Waals surface area contributed by atoms with Crippen LogP contribution in [0.5, 0.6) is 0 Å². The van der Waals surface area contributed by atoms with Gasteiger partial charge in [-0.15, -0.1) is 6.42 Å². The van der Waals surface area contributed by atoms with Gasteiger partial charge in [-0.3, -0.25) is 4.79 Å². The van der Waals surface area contributed by atoms with Crippen molar-refractivity contribution in [2.24, 2.45) is 5.92 Å². The lowest BCUT2D eigenvalue weighted by atomic mass is 9.86. The summed E-state index contributed by atoms with van der Waals surface area (Å²) in [6.07, 6.45) is 13.4. The van der Waals surface area contributed by atoms with E-state index in [1.165, 1.54) is 32.1 Å². The van der Waals surface area contributed by atoms with Crippen LogP contribution in [0.3, 0.4) is 0 Å². The first kappa shape index (κ1) is 13.1. The summed E-state index contributed by atoms with van der Waals surface area (Å²) in [5.74, 6) is 3.44. The van der Waals surface area contributed by atoms with Crippen molar-refractivity contribution in [1.29, 1.82) is 0 Å². The van der Waals surface area contributed by atoms with Crippen LogP contribution in [-0.2, 0) is 4.79 Å². The van der Waals surface area contributed by atoms with Gasteiger partial charge in [0, 0.05) is 13.0 Å². The molecule has 16 heavy (non-hydrogen) atoms. The van der Waals surface area contributed by atoms with E-state index in [9.17, 15) is 4.79 Å². The second-order valence-electron chi connectivity index (χ2n) is 4.73. The number of amides is 1. The highest BCUT2D eigenvalue weighted by Crippen LogP contribution is 2.26. The summed E-state index contributed by atoms with van der Waals surface area (Å²) in [5, 5.41) is 0. The topological polar surface area (TPSA) is 20.3 Å². The van der Waals surface area contributed by atoms with Crippen LogP contribution in [0.1, 0.15) is 51.9 Å². The van der Waals surface area contributed by atoms with Gasteiger partial charge in [0.25, 0.3) is 0 Å². The highest BCUT2D eigenvalue weighted by molar-refractivity contribution is 5.76. The van der Waals surface area contributed by atoms with Crippen LogP contribution in [0.2, 0.25) is 0 Å². The quantitative estimate of drug-likeness (QED) is 0.654. The van der Waals surface area contributed by atoms with Crippen molar-refractivity contribution in [2.75, 3.05) is 13.1 Å². The molecular formula is C14H23NO. The fourth-order valence-corrected chi connectivity index (χ4v) is 2.44.